The number of anilines is 1. The molecule has 0 fully saturated rings. The van der Waals surface area contributed by atoms with E-state index in [1.54, 1.807) is 18.2 Å². The third-order valence-corrected chi connectivity index (χ3v) is 3.72. The van der Waals surface area contributed by atoms with E-state index in [2.05, 4.69) is 0 Å². The van der Waals surface area contributed by atoms with E-state index >= 15 is 0 Å². The molecule has 1 aromatic carbocycles. The highest BCUT2D eigenvalue weighted by molar-refractivity contribution is 6.05. The van der Waals surface area contributed by atoms with Crippen LogP contribution in [0, 0.1) is 0 Å². The zero-order valence-corrected chi connectivity index (χ0v) is 12.4. The molecule has 2 rings (SSSR count). The first-order valence-corrected chi connectivity index (χ1v) is 6.90. The van der Waals surface area contributed by atoms with E-state index in [0.29, 0.717) is 24.4 Å². The van der Waals surface area contributed by atoms with Gasteiger partial charge in [0.15, 0.2) is 6.10 Å². The van der Waals surface area contributed by atoms with Gasteiger partial charge in [0.05, 0.1) is 5.69 Å². The molecule has 0 aliphatic carbocycles. The number of carboxylic acids is 1. The summed E-state index contributed by atoms with van der Waals surface area (Å²) in [5.41, 5.74) is 5.60. The molecule has 0 saturated carbocycles. The van der Waals surface area contributed by atoms with Crippen molar-refractivity contribution < 1.29 is 19.4 Å². The van der Waals surface area contributed by atoms with Gasteiger partial charge in [-0.3, -0.25) is 9.69 Å². The number of carbonyl (C=O) groups excluding carboxylic acids is 1. The van der Waals surface area contributed by atoms with E-state index in [-0.39, 0.29) is 5.91 Å². The molecule has 1 amide bonds. The van der Waals surface area contributed by atoms with Crippen molar-refractivity contribution in [3.8, 4) is 5.75 Å². The Labute approximate surface area is 123 Å². The zero-order valence-electron chi connectivity index (χ0n) is 12.4. The van der Waals surface area contributed by atoms with Crippen LogP contribution in [0.4, 0.5) is 5.69 Å². The van der Waals surface area contributed by atoms with Gasteiger partial charge in [0, 0.05) is 6.54 Å². The zero-order chi connectivity index (χ0) is 15.8. The molecule has 21 heavy (non-hydrogen) atoms. The Morgan fingerprint density at radius 1 is 1.48 bits per heavy atom. The molecule has 1 heterocycles. The van der Waals surface area contributed by atoms with Crippen LogP contribution < -0.4 is 15.4 Å². The normalized spacial score (nSPS) is 18.2. The predicted octanol–water partition coefficient (Wildman–Crippen LogP) is 1.51. The van der Waals surface area contributed by atoms with E-state index in [9.17, 15) is 14.7 Å². The fraction of sp³-hybridized carbons (Fsp3) is 0.467. The van der Waals surface area contributed by atoms with Gasteiger partial charge in [-0.15, -0.1) is 0 Å². The van der Waals surface area contributed by atoms with Gasteiger partial charge in [0.2, 0.25) is 0 Å². The first-order valence-electron chi connectivity index (χ1n) is 6.90. The molecular weight excluding hydrogens is 272 g/mol. The average molecular weight is 292 g/mol. The predicted molar refractivity (Wildman–Crippen MR) is 78.2 cm³/mol. The summed E-state index contributed by atoms with van der Waals surface area (Å²) in [6.07, 6.45) is -0.207. The quantitative estimate of drug-likeness (QED) is 0.877. The van der Waals surface area contributed by atoms with Gasteiger partial charge in [-0.05, 0) is 38.0 Å². The first kappa shape index (κ1) is 15.3. The summed E-state index contributed by atoms with van der Waals surface area (Å²) in [6.45, 7) is 5.19. The molecule has 0 bridgehead atoms. The Morgan fingerprint density at radius 3 is 2.67 bits per heavy atom. The number of hydrogen-bond acceptors (Lipinski definition) is 4. The topological polar surface area (TPSA) is 92.9 Å². The lowest BCUT2D eigenvalue weighted by molar-refractivity contribution is -0.145. The summed E-state index contributed by atoms with van der Waals surface area (Å²) >= 11 is 0. The van der Waals surface area contributed by atoms with Crippen LogP contribution in [0.15, 0.2) is 18.2 Å². The van der Waals surface area contributed by atoms with Gasteiger partial charge in [-0.25, -0.2) is 4.79 Å². The fourth-order valence-corrected chi connectivity index (χ4v) is 2.36. The Morgan fingerprint density at radius 2 is 2.14 bits per heavy atom. The Bertz CT molecular complexity index is 583. The summed E-state index contributed by atoms with van der Waals surface area (Å²) in [7, 11) is 0. The van der Waals surface area contributed by atoms with E-state index in [1.807, 2.05) is 6.92 Å². The minimum Gasteiger partial charge on any atom is -0.480 e. The number of hydrogen-bond donors (Lipinski definition) is 2. The molecule has 6 heteroatoms. The van der Waals surface area contributed by atoms with Gasteiger partial charge in [-0.2, -0.15) is 0 Å². The smallest absolute Gasteiger partial charge is 0.329 e. The third kappa shape index (κ3) is 2.47. The van der Waals surface area contributed by atoms with Gasteiger partial charge in [-0.1, -0.05) is 13.0 Å². The van der Waals surface area contributed by atoms with E-state index in [1.165, 1.54) is 18.7 Å². The lowest BCUT2D eigenvalue weighted by Crippen LogP contribution is -2.59. The molecule has 1 aliphatic rings. The third-order valence-electron chi connectivity index (χ3n) is 3.72. The molecule has 0 aromatic heterocycles. The number of amides is 1. The molecule has 1 unspecified atom stereocenters. The SMILES string of the molecule is CCC1Oc2cc(CN)ccc2N(C(C)(C)C(=O)O)C1=O. The van der Waals surface area contributed by atoms with Crippen molar-refractivity contribution in [2.75, 3.05) is 4.90 Å². The maximum absolute atomic E-state index is 12.5. The number of carbonyl (C=O) groups is 2. The number of ether oxygens (including phenoxy) is 1. The van der Waals surface area contributed by atoms with Crippen LogP contribution in [0.3, 0.4) is 0 Å². The van der Waals surface area contributed by atoms with Crippen molar-refractivity contribution in [3.63, 3.8) is 0 Å². The fourth-order valence-electron chi connectivity index (χ4n) is 2.36. The van der Waals surface area contributed by atoms with Crippen LogP contribution in [0.5, 0.6) is 5.75 Å². The molecule has 3 N–H and O–H groups in total. The highest BCUT2D eigenvalue weighted by Crippen LogP contribution is 2.39. The molecule has 1 aliphatic heterocycles. The van der Waals surface area contributed by atoms with Crippen LogP contribution in [-0.2, 0) is 16.1 Å². The number of carboxylic acid groups (broad SMARTS) is 1. The lowest BCUT2D eigenvalue weighted by atomic mass is 9.98. The van der Waals surface area contributed by atoms with Crippen molar-refractivity contribution in [2.24, 2.45) is 5.73 Å². The van der Waals surface area contributed by atoms with Gasteiger partial charge >= 0.3 is 5.97 Å². The summed E-state index contributed by atoms with van der Waals surface area (Å²) in [5.74, 6) is -0.905. The maximum Gasteiger partial charge on any atom is 0.329 e. The Hall–Kier alpha value is -2.08. The van der Waals surface area contributed by atoms with Crippen LogP contribution in [-0.4, -0.2) is 28.6 Å². The number of benzene rings is 1. The molecule has 0 radical (unpaired) electrons. The molecule has 6 nitrogen and oxygen atoms in total. The minimum atomic E-state index is -1.35. The number of nitrogens with zero attached hydrogens (tertiary/aromatic N) is 1. The summed E-state index contributed by atoms with van der Waals surface area (Å²) in [4.78, 5) is 25.4. The highest BCUT2D eigenvalue weighted by atomic mass is 16.5. The number of aliphatic carboxylic acids is 1. The number of fused-ring (bicyclic) bond motifs is 1. The monoisotopic (exact) mass is 292 g/mol. The largest absolute Gasteiger partial charge is 0.480 e. The van der Waals surface area contributed by atoms with Gasteiger partial charge in [0.1, 0.15) is 11.3 Å². The number of nitrogens with two attached hydrogens (primary N) is 1. The molecule has 114 valence electrons. The highest BCUT2D eigenvalue weighted by Gasteiger charge is 2.45. The standard InChI is InChI=1S/C15H20N2O4/c1-4-11-13(18)17(15(2,3)14(19)20)10-6-5-9(8-16)7-12(10)21-11/h5-7,11H,4,8,16H2,1-3H3,(H,19,20). The molecule has 1 atom stereocenters. The van der Waals surface area contributed by atoms with Crippen LogP contribution in [0.25, 0.3) is 0 Å². The molecule has 1 aromatic rings. The molecule has 0 spiro atoms. The average Bonchev–Trinajstić information content (AvgIpc) is 2.45. The maximum atomic E-state index is 12.5. The van der Waals surface area contributed by atoms with Crippen molar-refractivity contribution >= 4 is 17.6 Å². The minimum absolute atomic E-state index is 0.335. The van der Waals surface area contributed by atoms with Crippen LogP contribution >= 0.6 is 0 Å². The molecular formula is C15H20N2O4. The second kappa shape index (κ2) is 5.37. The lowest BCUT2D eigenvalue weighted by Gasteiger charge is -2.41. The van der Waals surface area contributed by atoms with Crippen molar-refractivity contribution in [1.82, 2.24) is 0 Å². The van der Waals surface area contributed by atoms with Gasteiger partial charge in [0.25, 0.3) is 5.91 Å². The van der Waals surface area contributed by atoms with E-state index in [0.717, 1.165) is 5.56 Å². The van der Waals surface area contributed by atoms with Gasteiger partial charge < -0.3 is 15.6 Å². The second-order valence-electron chi connectivity index (χ2n) is 5.56. The second-order valence-corrected chi connectivity index (χ2v) is 5.56. The van der Waals surface area contributed by atoms with E-state index < -0.39 is 17.6 Å². The Balaban J connectivity index is 2.59. The van der Waals surface area contributed by atoms with Crippen molar-refractivity contribution in [1.29, 1.82) is 0 Å². The Kier molecular flexibility index (Phi) is 3.91. The number of rotatable bonds is 4. The summed E-state index contributed by atoms with van der Waals surface area (Å²) in [6, 6.07) is 5.22. The van der Waals surface area contributed by atoms with Crippen LogP contribution in [0.2, 0.25) is 0 Å². The summed E-state index contributed by atoms with van der Waals surface area (Å²) in [5, 5.41) is 9.44. The summed E-state index contributed by atoms with van der Waals surface area (Å²) < 4.78 is 5.70. The first-order chi connectivity index (χ1) is 9.82. The van der Waals surface area contributed by atoms with Crippen molar-refractivity contribution in [3.05, 3.63) is 23.8 Å². The van der Waals surface area contributed by atoms with Crippen LogP contribution in [0.1, 0.15) is 32.8 Å². The van der Waals surface area contributed by atoms with E-state index in [4.69, 9.17) is 10.5 Å². The van der Waals surface area contributed by atoms with Crippen molar-refractivity contribution in [2.45, 2.75) is 45.4 Å². The molecule has 0 saturated heterocycles.